The standard InChI is InChI=1S/C14H16F3N3O3/c1-20(7-11(21)14(15,16)17)8-12-18-13(19-23-12)9-4-3-5-10(6-9)22-2/h3-6,11,21H,7-8H2,1-2H3. The summed E-state index contributed by atoms with van der Waals surface area (Å²) in [6, 6.07) is 6.99. The van der Waals surface area contributed by atoms with Crippen LogP contribution < -0.4 is 4.74 Å². The summed E-state index contributed by atoms with van der Waals surface area (Å²) in [6.45, 7) is -0.593. The molecule has 0 amide bonds. The summed E-state index contributed by atoms with van der Waals surface area (Å²) in [5.41, 5.74) is 0.664. The first-order valence-corrected chi connectivity index (χ1v) is 6.70. The normalized spacial score (nSPS) is 13.3. The lowest BCUT2D eigenvalue weighted by atomic mass is 10.2. The van der Waals surface area contributed by atoms with Gasteiger partial charge >= 0.3 is 6.18 Å². The van der Waals surface area contributed by atoms with Crippen molar-refractivity contribution in [3.8, 4) is 17.1 Å². The highest BCUT2D eigenvalue weighted by Crippen LogP contribution is 2.22. The number of hydrogen-bond acceptors (Lipinski definition) is 6. The lowest BCUT2D eigenvalue weighted by Gasteiger charge is -2.20. The number of likely N-dealkylation sites (N-methyl/N-ethyl adjacent to an activating group) is 1. The quantitative estimate of drug-likeness (QED) is 0.874. The van der Waals surface area contributed by atoms with Gasteiger partial charge in [0.05, 0.1) is 13.7 Å². The summed E-state index contributed by atoms with van der Waals surface area (Å²) in [5, 5.41) is 12.8. The van der Waals surface area contributed by atoms with Crippen molar-refractivity contribution in [3.05, 3.63) is 30.2 Å². The summed E-state index contributed by atoms with van der Waals surface area (Å²) >= 11 is 0. The molecule has 0 saturated heterocycles. The van der Waals surface area contributed by atoms with Crippen molar-refractivity contribution in [3.63, 3.8) is 0 Å². The van der Waals surface area contributed by atoms with Gasteiger partial charge in [-0.25, -0.2) is 0 Å². The second-order valence-corrected chi connectivity index (χ2v) is 5.00. The van der Waals surface area contributed by atoms with Crippen molar-refractivity contribution >= 4 is 0 Å². The SMILES string of the molecule is COc1cccc(-c2noc(CN(C)CC(O)C(F)(F)F)n2)c1. The van der Waals surface area contributed by atoms with E-state index in [2.05, 4.69) is 10.1 Å². The minimum absolute atomic E-state index is 0.00981. The third-order valence-corrected chi connectivity index (χ3v) is 3.06. The molecule has 2 rings (SSSR count). The van der Waals surface area contributed by atoms with Crippen LogP contribution in [0.2, 0.25) is 0 Å². The number of hydrogen-bond donors (Lipinski definition) is 1. The van der Waals surface area contributed by atoms with Gasteiger partial charge in [-0.1, -0.05) is 17.3 Å². The maximum atomic E-state index is 12.3. The first-order valence-electron chi connectivity index (χ1n) is 6.70. The molecule has 6 nitrogen and oxygen atoms in total. The Morgan fingerprint density at radius 2 is 2.13 bits per heavy atom. The fourth-order valence-corrected chi connectivity index (χ4v) is 1.89. The molecule has 1 aromatic carbocycles. The molecule has 1 unspecified atom stereocenters. The molecule has 1 aromatic heterocycles. The highest BCUT2D eigenvalue weighted by atomic mass is 19.4. The van der Waals surface area contributed by atoms with Gasteiger partial charge in [0, 0.05) is 12.1 Å². The molecule has 0 saturated carbocycles. The van der Waals surface area contributed by atoms with Crippen LogP contribution in [0.1, 0.15) is 5.89 Å². The van der Waals surface area contributed by atoms with Crippen molar-refractivity contribution in [2.45, 2.75) is 18.8 Å². The minimum Gasteiger partial charge on any atom is -0.497 e. The van der Waals surface area contributed by atoms with E-state index in [4.69, 9.17) is 14.4 Å². The summed E-state index contributed by atoms with van der Waals surface area (Å²) in [6.07, 6.45) is -7.08. The van der Waals surface area contributed by atoms with Crippen molar-refractivity contribution in [1.29, 1.82) is 0 Å². The second kappa shape index (κ2) is 6.97. The van der Waals surface area contributed by atoms with Gasteiger partial charge in [0.1, 0.15) is 5.75 Å². The highest BCUT2D eigenvalue weighted by Gasteiger charge is 2.38. The van der Waals surface area contributed by atoms with E-state index in [1.165, 1.54) is 19.1 Å². The number of nitrogens with zero attached hydrogens (tertiary/aromatic N) is 3. The predicted molar refractivity (Wildman–Crippen MR) is 74.7 cm³/mol. The van der Waals surface area contributed by atoms with E-state index in [0.717, 1.165) is 0 Å². The van der Waals surface area contributed by atoms with E-state index in [0.29, 0.717) is 17.1 Å². The Morgan fingerprint density at radius 1 is 1.39 bits per heavy atom. The van der Waals surface area contributed by atoms with Crippen LogP contribution in [0.4, 0.5) is 13.2 Å². The molecule has 2 aromatic rings. The van der Waals surface area contributed by atoms with E-state index in [-0.39, 0.29) is 12.4 Å². The average Bonchev–Trinajstić information content (AvgIpc) is 2.94. The molecular formula is C14H16F3N3O3. The Balaban J connectivity index is 2.02. The number of methoxy groups -OCH3 is 1. The zero-order valence-electron chi connectivity index (χ0n) is 12.5. The van der Waals surface area contributed by atoms with E-state index < -0.39 is 18.8 Å². The van der Waals surface area contributed by atoms with Gasteiger partial charge in [0.15, 0.2) is 6.10 Å². The fourth-order valence-electron chi connectivity index (χ4n) is 1.89. The van der Waals surface area contributed by atoms with E-state index in [1.807, 2.05) is 0 Å². The monoisotopic (exact) mass is 331 g/mol. The van der Waals surface area contributed by atoms with Gasteiger partial charge in [-0.3, -0.25) is 4.90 Å². The summed E-state index contributed by atoms with van der Waals surface area (Å²) in [5.74, 6) is 1.09. The Kier molecular flexibility index (Phi) is 5.22. The molecule has 1 atom stereocenters. The Labute approximate surface area is 130 Å². The summed E-state index contributed by atoms with van der Waals surface area (Å²) in [4.78, 5) is 5.38. The Morgan fingerprint density at radius 3 is 2.78 bits per heavy atom. The molecule has 0 aliphatic rings. The molecule has 23 heavy (non-hydrogen) atoms. The number of ether oxygens (including phenoxy) is 1. The van der Waals surface area contributed by atoms with Crippen LogP contribution in [0.5, 0.6) is 5.75 Å². The topological polar surface area (TPSA) is 71.6 Å². The van der Waals surface area contributed by atoms with Crippen molar-refractivity contribution in [2.75, 3.05) is 20.7 Å². The third kappa shape index (κ3) is 4.67. The fraction of sp³-hybridized carbons (Fsp3) is 0.429. The molecule has 126 valence electrons. The van der Waals surface area contributed by atoms with Crippen LogP contribution in [0, 0.1) is 0 Å². The molecule has 0 radical (unpaired) electrons. The number of aliphatic hydroxyl groups is 1. The van der Waals surface area contributed by atoms with E-state index >= 15 is 0 Å². The second-order valence-electron chi connectivity index (χ2n) is 5.00. The summed E-state index contributed by atoms with van der Waals surface area (Å²) in [7, 11) is 2.95. The predicted octanol–water partition coefficient (Wildman–Crippen LogP) is 2.10. The van der Waals surface area contributed by atoms with Crippen LogP contribution >= 0.6 is 0 Å². The van der Waals surface area contributed by atoms with Gasteiger partial charge in [-0.05, 0) is 19.2 Å². The minimum atomic E-state index is -4.66. The third-order valence-electron chi connectivity index (χ3n) is 3.06. The van der Waals surface area contributed by atoms with Crippen LogP contribution in [0.3, 0.4) is 0 Å². The van der Waals surface area contributed by atoms with Gasteiger partial charge < -0.3 is 14.4 Å². The number of aliphatic hydroxyl groups excluding tert-OH is 1. The molecule has 1 N–H and O–H groups in total. The van der Waals surface area contributed by atoms with Crippen LogP contribution in [-0.2, 0) is 6.54 Å². The summed E-state index contributed by atoms with van der Waals surface area (Å²) < 4.78 is 47.0. The highest BCUT2D eigenvalue weighted by molar-refractivity contribution is 5.56. The Hall–Kier alpha value is -2.13. The van der Waals surface area contributed by atoms with Gasteiger partial charge in [-0.15, -0.1) is 0 Å². The van der Waals surface area contributed by atoms with Gasteiger partial charge in [-0.2, -0.15) is 18.2 Å². The molecule has 1 heterocycles. The van der Waals surface area contributed by atoms with Gasteiger partial charge in [0.2, 0.25) is 11.7 Å². The maximum absolute atomic E-state index is 12.3. The van der Waals surface area contributed by atoms with Crippen LogP contribution in [-0.4, -0.2) is 53.1 Å². The number of aromatic nitrogens is 2. The van der Waals surface area contributed by atoms with Crippen LogP contribution in [0.25, 0.3) is 11.4 Å². The molecule has 0 spiro atoms. The molecule has 9 heteroatoms. The van der Waals surface area contributed by atoms with Crippen molar-refractivity contribution < 1.29 is 27.5 Å². The molecule has 0 aliphatic carbocycles. The Bertz CT molecular complexity index is 645. The number of rotatable bonds is 6. The number of benzene rings is 1. The zero-order valence-corrected chi connectivity index (χ0v) is 12.5. The number of halogens is 3. The van der Waals surface area contributed by atoms with Crippen LogP contribution in [0.15, 0.2) is 28.8 Å². The van der Waals surface area contributed by atoms with Crippen molar-refractivity contribution in [1.82, 2.24) is 15.0 Å². The average molecular weight is 331 g/mol. The molecule has 0 fully saturated rings. The first-order chi connectivity index (χ1) is 10.8. The molecule has 0 bridgehead atoms. The van der Waals surface area contributed by atoms with Gasteiger partial charge in [0.25, 0.3) is 0 Å². The first kappa shape index (κ1) is 17.2. The molecule has 0 aliphatic heterocycles. The maximum Gasteiger partial charge on any atom is 0.415 e. The lowest BCUT2D eigenvalue weighted by Crippen LogP contribution is -2.39. The van der Waals surface area contributed by atoms with E-state index in [9.17, 15) is 13.2 Å². The zero-order chi connectivity index (χ0) is 17.0. The number of alkyl halides is 3. The smallest absolute Gasteiger partial charge is 0.415 e. The van der Waals surface area contributed by atoms with Crippen molar-refractivity contribution in [2.24, 2.45) is 0 Å². The largest absolute Gasteiger partial charge is 0.497 e. The molecular weight excluding hydrogens is 315 g/mol. The lowest BCUT2D eigenvalue weighted by molar-refractivity contribution is -0.207. The van der Waals surface area contributed by atoms with E-state index in [1.54, 1.807) is 24.3 Å².